The van der Waals surface area contributed by atoms with Gasteiger partial charge >= 0.3 is 0 Å². The molecule has 1 aliphatic rings. The Morgan fingerprint density at radius 3 is 3.00 bits per heavy atom. The third-order valence-electron chi connectivity index (χ3n) is 3.34. The number of aryl methyl sites for hydroxylation is 2. The molecule has 0 radical (unpaired) electrons. The van der Waals surface area contributed by atoms with Crippen LogP contribution in [0, 0.1) is 0 Å². The Balaban J connectivity index is 1.96. The zero-order chi connectivity index (χ0) is 13.8. The largest absolute Gasteiger partial charge is 0.379 e. The quantitative estimate of drug-likeness (QED) is 0.882. The van der Waals surface area contributed by atoms with Gasteiger partial charge in [0.1, 0.15) is 5.78 Å². The van der Waals surface area contributed by atoms with E-state index in [0.717, 1.165) is 35.4 Å². The van der Waals surface area contributed by atoms with Gasteiger partial charge in [-0.25, -0.2) is 0 Å². The molecule has 1 N–H and O–H groups in total. The van der Waals surface area contributed by atoms with Gasteiger partial charge in [-0.3, -0.25) is 9.48 Å². The summed E-state index contributed by atoms with van der Waals surface area (Å²) in [7, 11) is 1.88. The lowest BCUT2D eigenvalue weighted by atomic mass is 10.1. The van der Waals surface area contributed by atoms with E-state index in [9.17, 15) is 4.79 Å². The number of carbonyl (C=O) groups excluding carboxylic acids is 1. The van der Waals surface area contributed by atoms with Crippen molar-refractivity contribution in [2.45, 2.75) is 32.2 Å². The fraction of sp³-hybridized carbons (Fsp3) is 0.692. The molecule has 0 aliphatic carbocycles. The van der Waals surface area contributed by atoms with E-state index in [-0.39, 0.29) is 11.8 Å². The summed E-state index contributed by atoms with van der Waals surface area (Å²) in [6, 6.07) is 0.152. The predicted molar refractivity (Wildman–Crippen MR) is 76.2 cm³/mol. The van der Waals surface area contributed by atoms with E-state index >= 15 is 0 Å². The molecule has 1 aromatic heterocycles. The Bertz CT molecular complexity index is 453. The first-order valence-electron chi connectivity index (χ1n) is 6.64. The summed E-state index contributed by atoms with van der Waals surface area (Å²) in [5, 5.41) is 7.71. The van der Waals surface area contributed by atoms with Crippen molar-refractivity contribution in [3.8, 4) is 0 Å². The number of rotatable bonds is 5. The molecule has 1 unspecified atom stereocenters. The van der Waals surface area contributed by atoms with Gasteiger partial charge in [-0.2, -0.15) is 5.10 Å². The first-order valence-corrected chi connectivity index (χ1v) is 7.44. The number of nitrogens with one attached hydrogen (secondary N) is 1. The number of carbonyl (C=O) groups is 1. The van der Waals surface area contributed by atoms with Crippen LogP contribution < -0.4 is 5.32 Å². The maximum absolute atomic E-state index is 12.1. The highest BCUT2D eigenvalue weighted by Crippen LogP contribution is 2.22. The normalized spacial score (nSPS) is 19.6. The van der Waals surface area contributed by atoms with Gasteiger partial charge < -0.3 is 10.1 Å². The Hall–Kier alpha value is -0.720. The highest BCUT2D eigenvalue weighted by molar-refractivity contribution is 9.10. The summed E-state index contributed by atoms with van der Waals surface area (Å²) >= 11 is 3.54. The molecule has 0 spiro atoms. The fourth-order valence-corrected chi connectivity index (χ4v) is 3.05. The number of hydrogen-bond donors (Lipinski definition) is 1. The molecule has 1 saturated heterocycles. The van der Waals surface area contributed by atoms with Crippen molar-refractivity contribution in [3.63, 3.8) is 0 Å². The number of ketones is 1. The SMILES string of the molecule is CCc1nn(C)c(CC(=O)CC2COCCN2)c1Br. The molecule has 0 saturated carbocycles. The van der Waals surface area contributed by atoms with E-state index in [1.807, 2.05) is 7.05 Å². The minimum absolute atomic E-state index is 0.152. The lowest BCUT2D eigenvalue weighted by Gasteiger charge is -2.23. The van der Waals surface area contributed by atoms with Crippen molar-refractivity contribution in [1.82, 2.24) is 15.1 Å². The van der Waals surface area contributed by atoms with Gasteiger partial charge in [0.2, 0.25) is 0 Å². The molecule has 2 rings (SSSR count). The van der Waals surface area contributed by atoms with Gasteiger partial charge in [0.25, 0.3) is 0 Å². The minimum atomic E-state index is 0.152. The van der Waals surface area contributed by atoms with Gasteiger partial charge in [0.05, 0.1) is 29.1 Å². The maximum atomic E-state index is 12.1. The molecule has 1 aliphatic heterocycles. The van der Waals surface area contributed by atoms with Crippen LogP contribution in [-0.4, -0.2) is 41.4 Å². The molecular formula is C13H20BrN3O2. The van der Waals surface area contributed by atoms with Gasteiger partial charge in [-0.1, -0.05) is 6.92 Å². The zero-order valence-electron chi connectivity index (χ0n) is 11.4. The Morgan fingerprint density at radius 1 is 1.63 bits per heavy atom. The number of hydrogen-bond acceptors (Lipinski definition) is 4. The first-order chi connectivity index (χ1) is 9.11. The van der Waals surface area contributed by atoms with Crippen molar-refractivity contribution in [1.29, 1.82) is 0 Å². The fourth-order valence-electron chi connectivity index (χ4n) is 2.30. The van der Waals surface area contributed by atoms with Crippen LogP contribution in [0.3, 0.4) is 0 Å². The summed E-state index contributed by atoms with van der Waals surface area (Å²) in [6.07, 6.45) is 1.79. The molecule has 1 aromatic rings. The average molecular weight is 330 g/mol. The second-order valence-corrected chi connectivity index (χ2v) is 5.62. The Morgan fingerprint density at radius 2 is 2.42 bits per heavy atom. The van der Waals surface area contributed by atoms with Crippen LogP contribution in [0.15, 0.2) is 4.47 Å². The monoisotopic (exact) mass is 329 g/mol. The molecular weight excluding hydrogens is 310 g/mol. The van der Waals surface area contributed by atoms with Gasteiger partial charge in [-0.15, -0.1) is 0 Å². The molecule has 0 amide bonds. The summed E-state index contributed by atoms with van der Waals surface area (Å²) in [5.74, 6) is 0.217. The number of nitrogens with zero attached hydrogens (tertiary/aromatic N) is 2. The van der Waals surface area contributed by atoms with E-state index in [4.69, 9.17) is 4.74 Å². The molecule has 1 fully saturated rings. The van der Waals surface area contributed by atoms with Gasteiger partial charge in [0.15, 0.2) is 0 Å². The molecule has 0 bridgehead atoms. The molecule has 106 valence electrons. The predicted octanol–water partition coefficient (Wildman–Crippen LogP) is 1.24. The summed E-state index contributed by atoms with van der Waals surface area (Å²) < 4.78 is 8.13. The third kappa shape index (κ3) is 3.64. The average Bonchev–Trinajstić information content (AvgIpc) is 2.67. The smallest absolute Gasteiger partial charge is 0.140 e. The van der Waals surface area contributed by atoms with Crippen LogP contribution >= 0.6 is 15.9 Å². The van der Waals surface area contributed by atoms with Crippen molar-refractivity contribution in [3.05, 3.63) is 15.9 Å². The second-order valence-electron chi connectivity index (χ2n) is 4.83. The van der Waals surface area contributed by atoms with Crippen molar-refractivity contribution in [2.24, 2.45) is 7.05 Å². The zero-order valence-corrected chi connectivity index (χ0v) is 13.0. The summed E-state index contributed by atoms with van der Waals surface area (Å²) in [6.45, 7) is 4.24. The maximum Gasteiger partial charge on any atom is 0.140 e. The first kappa shape index (κ1) is 14.7. The van der Waals surface area contributed by atoms with Gasteiger partial charge in [-0.05, 0) is 22.4 Å². The molecule has 5 nitrogen and oxygen atoms in total. The Kier molecular flexibility index (Phi) is 5.13. The van der Waals surface area contributed by atoms with Crippen LogP contribution in [0.5, 0.6) is 0 Å². The van der Waals surface area contributed by atoms with Crippen LogP contribution in [-0.2, 0) is 29.4 Å². The van der Waals surface area contributed by atoms with Crippen LogP contribution in [0.25, 0.3) is 0 Å². The topological polar surface area (TPSA) is 56.2 Å². The van der Waals surface area contributed by atoms with Gasteiger partial charge in [0, 0.05) is 32.5 Å². The number of ether oxygens (including phenoxy) is 1. The Labute approximate surface area is 121 Å². The van der Waals surface area contributed by atoms with E-state index in [2.05, 4.69) is 33.3 Å². The second kappa shape index (κ2) is 6.63. The third-order valence-corrected chi connectivity index (χ3v) is 4.26. The van der Waals surface area contributed by atoms with Crippen molar-refractivity contribution >= 4 is 21.7 Å². The highest BCUT2D eigenvalue weighted by Gasteiger charge is 2.20. The summed E-state index contributed by atoms with van der Waals surface area (Å²) in [4.78, 5) is 12.1. The van der Waals surface area contributed by atoms with Crippen LogP contribution in [0.2, 0.25) is 0 Å². The number of morpholine rings is 1. The van der Waals surface area contributed by atoms with Crippen LogP contribution in [0.4, 0.5) is 0 Å². The van der Waals surface area contributed by atoms with Crippen LogP contribution in [0.1, 0.15) is 24.7 Å². The molecule has 1 atom stereocenters. The highest BCUT2D eigenvalue weighted by atomic mass is 79.9. The molecule has 19 heavy (non-hydrogen) atoms. The lowest BCUT2D eigenvalue weighted by molar-refractivity contribution is -0.119. The molecule has 6 heteroatoms. The number of Topliss-reactive ketones (excluding diaryl/α,β-unsaturated/α-hetero) is 1. The van der Waals surface area contributed by atoms with Crippen molar-refractivity contribution < 1.29 is 9.53 Å². The lowest BCUT2D eigenvalue weighted by Crippen LogP contribution is -2.42. The number of halogens is 1. The molecule has 0 aromatic carbocycles. The van der Waals surface area contributed by atoms with E-state index in [1.54, 1.807) is 4.68 Å². The summed E-state index contributed by atoms with van der Waals surface area (Å²) in [5.41, 5.74) is 1.96. The standard InChI is InChI=1S/C13H20BrN3O2/c1-3-11-13(14)12(17(2)16-11)7-10(18)6-9-8-19-5-4-15-9/h9,15H,3-8H2,1-2H3. The minimum Gasteiger partial charge on any atom is -0.379 e. The molecule has 2 heterocycles. The van der Waals surface area contributed by atoms with Crippen molar-refractivity contribution in [2.75, 3.05) is 19.8 Å². The number of aromatic nitrogens is 2. The van der Waals surface area contributed by atoms with E-state index in [0.29, 0.717) is 19.4 Å². The van der Waals surface area contributed by atoms with E-state index in [1.165, 1.54) is 0 Å². The van der Waals surface area contributed by atoms with E-state index < -0.39 is 0 Å².